The van der Waals surface area contributed by atoms with E-state index >= 15 is 0 Å². The van der Waals surface area contributed by atoms with Gasteiger partial charge in [-0.3, -0.25) is 4.98 Å². The van der Waals surface area contributed by atoms with Crippen molar-refractivity contribution in [2.45, 2.75) is 6.92 Å². The highest BCUT2D eigenvalue weighted by Crippen LogP contribution is 2.09. The number of pyridine rings is 1. The first-order valence-corrected chi connectivity index (χ1v) is 3.64. The summed E-state index contributed by atoms with van der Waals surface area (Å²) in [5.74, 6) is -0.512. The SMILES string of the molecule is COC(=O)c1cc(C)ncc1C#N. The van der Waals surface area contributed by atoms with Crippen molar-refractivity contribution in [2.24, 2.45) is 0 Å². The third-order valence-electron chi connectivity index (χ3n) is 1.57. The summed E-state index contributed by atoms with van der Waals surface area (Å²) in [4.78, 5) is 15.0. The van der Waals surface area contributed by atoms with E-state index in [0.717, 1.165) is 0 Å². The van der Waals surface area contributed by atoms with Crippen molar-refractivity contribution in [2.75, 3.05) is 7.11 Å². The first-order chi connectivity index (χ1) is 6.19. The Morgan fingerprint density at radius 1 is 1.69 bits per heavy atom. The Bertz CT molecular complexity index is 380. The summed E-state index contributed by atoms with van der Waals surface area (Å²) in [6.07, 6.45) is 1.36. The van der Waals surface area contributed by atoms with Gasteiger partial charge in [0.15, 0.2) is 0 Å². The summed E-state index contributed by atoms with van der Waals surface area (Å²) < 4.78 is 4.52. The van der Waals surface area contributed by atoms with Crippen LogP contribution >= 0.6 is 0 Å². The van der Waals surface area contributed by atoms with Gasteiger partial charge in [-0.05, 0) is 13.0 Å². The molecule has 0 N–H and O–H groups in total. The number of aromatic nitrogens is 1. The van der Waals surface area contributed by atoms with Crippen molar-refractivity contribution in [1.29, 1.82) is 5.26 Å². The molecule has 0 amide bonds. The normalized spacial score (nSPS) is 9.00. The Labute approximate surface area is 75.8 Å². The third-order valence-corrected chi connectivity index (χ3v) is 1.57. The zero-order valence-electron chi connectivity index (χ0n) is 7.37. The van der Waals surface area contributed by atoms with Gasteiger partial charge in [0.05, 0.1) is 18.2 Å². The molecule has 13 heavy (non-hydrogen) atoms. The minimum Gasteiger partial charge on any atom is -0.465 e. The Balaban J connectivity index is 3.25. The molecule has 0 aromatic carbocycles. The summed E-state index contributed by atoms with van der Waals surface area (Å²) in [5, 5.41) is 8.66. The van der Waals surface area contributed by atoms with Crippen molar-refractivity contribution < 1.29 is 9.53 Å². The quantitative estimate of drug-likeness (QED) is 0.600. The Morgan fingerprint density at radius 2 is 2.38 bits per heavy atom. The van der Waals surface area contributed by atoms with Crippen LogP contribution in [-0.4, -0.2) is 18.1 Å². The van der Waals surface area contributed by atoms with E-state index in [4.69, 9.17) is 5.26 Å². The molecule has 0 bridgehead atoms. The first-order valence-electron chi connectivity index (χ1n) is 3.64. The molecule has 1 aromatic rings. The molecule has 0 aliphatic carbocycles. The molecule has 1 heterocycles. The number of nitrogens with zero attached hydrogens (tertiary/aromatic N) is 2. The molecule has 0 fully saturated rings. The van der Waals surface area contributed by atoms with E-state index in [9.17, 15) is 4.79 Å². The zero-order chi connectivity index (χ0) is 9.84. The van der Waals surface area contributed by atoms with Crippen molar-refractivity contribution in [3.63, 3.8) is 0 Å². The molecule has 66 valence electrons. The van der Waals surface area contributed by atoms with Gasteiger partial charge >= 0.3 is 5.97 Å². The number of nitriles is 1. The van der Waals surface area contributed by atoms with E-state index in [1.165, 1.54) is 19.4 Å². The number of carbonyl (C=O) groups is 1. The maximum Gasteiger partial charge on any atom is 0.339 e. The second-order valence-electron chi connectivity index (χ2n) is 2.47. The fourth-order valence-electron chi connectivity index (χ4n) is 0.928. The molecule has 4 nitrogen and oxygen atoms in total. The van der Waals surface area contributed by atoms with Crippen LogP contribution in [0.15, 0.2) is 12.3 Å². The average Bonchev–Trinajstić information content (AvgIpc) is 2.16. The molecule has 0 saturated heterocycles. The van der Waals surface area contributed by atoms with Gasteiger partial charge in [-0.1, -0.05) is 0 Å². The van der Waals surface area contributed by atoms with Gasteiger partial charge in [0.2, 0.25) is 0 Å². The largest absolute Gasteiger partial charge is 0.465 e. The molecular formula is C9H8N2O2. The highest BCUT2D eigenvalue weighted by atomic mass is 16.5. The van der Waals surface area contributed by atoms with Gasteiger partial charge in [0.25, 0.3) is 0 Å². The molecule has 1 rings (SSSR count). The topological polar surface area (TPSA) is 63.0 Å². The van der Waals surface area contributed by atoms with Crippen LogP contribution in [0.1, 0.15) is 21.6 Å². The van der Waals surface area contributed by atoms with Crippen LogP contribution in [0, 0.1) is 18.3 Å². The van der Waals surface area contributed by atoms with Gasteiger partial charge in [0.1, 0.15) is 6.07 Å². The minimum absolute atomic E-state index is 0.234. The van der Waals surface area contributed by atoms with Crippen molar-refractivity contribution in [1.82, 2.24) is 4.98 Å². The number of hydrogen-bond acceptors (Lipinski definition) is 4. The fraction of sp³-hybridized carbons (Fsp3) is 0.222. The summed E-state index contributed by atoms with van der Waals surface area (Å²) >= 11 is 0. The summed E-state index contributed by atoms with van der Waals surface area (Å²) in [6.45, 7) is 1.74. The molecule has 0 spiro atoms. The van der Waals surface area contributed by atoms with Gasteiger partial charge in [0, 0.05) is 11.9 Å². The second kappa shape index (κ2) is 3.68. The molecular weight excluding hydrogens is 168 g/mol. The number of carbonyl (C=O) groups excluding carboxylic acids is 1. The summed E-state index contributed by atoms with van der Waals surface area (Å²) in [6, 6.07) is 3.41. The van der Waals surface area contributed by atoms with Crippen LogP contribution < -0.4 is 0 Å². The molecule has 0 saturated carbocycles. The zero-order valence-corrected chi connectivity index (χ0v) is 7.37. The standard InChI is InChI=1S/C9H8N2O2/c1-6-3-8(9(12)13-2)7(4-10)5-11-6/h3,5H,1-2H3. The predicted molar refractivity (Wildman–Crippen MR) is 45.0 cm³/mol. The fourth-order valence-corrected chi connectivity index (χ4v) is 0.928. The van der Waals surface area contributed by atoms with E-state index in [1.54, 1.807) is 6.92 Å². The molecule has 0 aliphatic heterocycles. The number of methoxy groups -OCH3 is 1. The second-order valence-corrected chi connectivity index (χ2v) is 2.47. The van der Waals surface area contributed by atoms with E-state index < -0.39 is 5.97 Å². The highest BCUT2D eigenvalue weighted by Gasteiger charge is 2.11. The first kappa shape index (κ1) is 9.20. The van der Waals surface area contributed by atoms with Crippen molar-refractivity contribution in [3.05, 3.63) is 29.1 Å². The molecule has 1 aromatic heterocycles. The van der Waals surface area contributed by atoms with Crippen molar-refractivity contribution in [3.8, 4) is 6.07 Å². The monoisotopic (exact) mass is 176 g/mol. The van der Waals surface area contributed by atoms with Gasteiger partial charge in [-0.15, -0.1) is 0 Å². The predicted octanol–water partition coefficient (Wildman–Crippen LogP) is 1.05. The van der Waals surface area contributed by atoms with Gasteiger partial charge in [-0.2, -0.15) is 5.26 Å². The molecule has 0 radical (unpaired) electrons. The van der Waals surface area contributed by atoms with E-state index in [2.05, 4.69) is 9.72 Å². The summed E-state index contributed by atoms with van der Waals surface area (Å²) in [7, 11) is 1.28. The molecule has 0 aliphatic rings. The third kappa shape index (κ3) is 1.82. The van der Waals surface area contributed by atoms with Crippen molar-refractivity contribution >= 4 is 5.97 Å². The Morgan fingerprint density at radius 3 is 2.92 bits per heavy atom. The van der Waals surface area contributed by atoms with Crippen LogP contribution in [-0.2, 0) is 4.74 Å². The molecule has 0 unspecified atom stereocenters. The van der Waals surface area contributed by atoms with Crippen LogP contribution in [0.5, 0.6) is 0 Å². The lowest BCUT2D eigenvalue weighted by atomic mass is 10.1. The average molecular weight is 176 g/mol. The molecule has 0 atom stereocenters. The highest BCUT2D eigenvalue weighted by molar-refractivity contribution is 5.92. The lowest BCUT2D eigenvalue weighted by molar-refractivity contribution is 0.0600. The lowest BCUT2D eigenvalue weighted by Gasteiger charge is -2.01. The number of rotatable bonds is 1. The van der Waals surface area contributed by atoms with Gasteiger partial charge < -0.3 is 4.74 Å². The van der Waals surface area contributed by atoms with Crippen LogP contribution in [0.25, 0.3) is 0 Å². The maximum atomic E-state index is 11.1. The van der Waals surface area contributed by atoms with E-state index in [-0.39, 0.29) is 11.1 Å². The van der Waals surface area contributed by atoms with Crippen LogP contribution in [0.2, 0.25) is 0 Å². The Kier molecular flexibility index (Phi) is 2.60. The van der Waals surface area contributed by atoms with Crippen LogP contribution in [0.4, 0.5) is 0 Å². The number of aryl methyl sites for hydroxylation is 1. The van der Waals surface area contributed by atoms with E-state index in [1.807, 2.05) is 6.07 Å². The maximum absolute atomic E-state index is 11.1. The smallest absolute Gasteiger partial charge is 0.339 e. The number of esters is 1. The minimum atomic E-state index is -0.512. The number of ether oxygens (including phenoxy) is 1. The Hall–Kier alpha value is -1.89. The van der Waals surface area contributed by atoms with Gasteiger partial charge in [-0.25, -0.2) is 4.79 Å². The summed E-state index contributed by atoms with van der Waals surface area (Å²) in [5.41, 5.74) is 1.18. The van der Waals surface area contributed by atoms with E-state index in [0.29, 0.717) is 5.69 Å². The van der Waals surface area contributed by atoms with Crippen LogP contribution in [0.3, 0.4) is 0 Å². The lowest BCUT2D eigenvalue weighted by Crippen LogP contribution is -2.05. The number of hydrogen-bond donors (Lipinski definition) is 0. The molecule has 4 heteroatoms.